The zero-order valence-corrected chi connectivity index (χ0v) is 15.6. The molecule has 1 aromatic carbocycles. The number of nitrogens with zero attached hydrogens (tertiary/aromatic N) is 2. The Balaban J connectivity index is 1.59. The van der Waals surface area contributed by atoms with Crippen molar-refractivity contribution < 1.29 is 14.3 Å². The van der Waals surface area contributed by atoms with Crippen molar-refractivity contribution in [3.63, 3.8) is 0 Å². The monoisotopic (exact) mass is 346 g/mol. The SMILES string of the molecule is COc1ccccc1[C@H](C)CC(=O)N1C[C@@H](N2CCOCC2)[C@@H](C)C1. The van der Waals surface area contributed by atoms with Crippen LogP contribution in [0.3, 0.4) is 0 Å². The average Bonchev–Trinajstić information content (AvgIpc) is 3.04. The highest BCUT2D eigenvalue weighted by Gasteiger charge is 2.36. The van der Waals surface area contributed by atoms with Gasteiger partial charge >= 0.3 is 0 Å². The summed E-state index contributed by atoms with van der Waals surface area (Å²) >= 11 is 0. The predicted molar refractivity (Wildman–Crippen MR) is 98.0 cm³/mol. The van der Waals surface area contributed by atoms with Crippen LogP contribution in [0.15, 0.2) is 24.3 Å². The lowest BCUT2D eigenvalue weighted by Crippen LogP contribution is -2.47. The third-order valence-electron chi connectivity index (χ3n) is 5.59. The molecule has 0 unspecified atom stereocenters. The van der Waals surface area contributed by atoms with Crippen LogP contribution in [0.1, 0.15) is 31.7 Å². The van der Waals surface area contributed by atoms with Gasteiger partial charge in [0.05, 0.1) is 20.3 Å². The maximum atomic E-state index is 12.8. The Morgan fingerprint density at radius 3 is 2.72 bits per heavy atom. The fourth-order valence-electron chi connectivity index (χ4n) is 4.11. The Morgan fingerprint density at radius 1 is 1.28 bits per heavy atom. The van der Waals surface area contributed by atoms with E-state index in [0.717, 1.165) is 50.7 Å². The van der Waals surface area contributed by atoms with Gasteiger partial charge in [-0.1, -0.05) is 32.0 Å². The molecule has 0 spiro atoms. The highest BCUT2D eigenvalue weighted by Crippen LogP contribution is 2.30. The largest absolute Gasteiger partial charge is 0.496 e. The van der Waals surface area contributed by atoms with Gasteiger partial charge in [-0.25, -0.2) is 0 Å². The second-order valence-electron chi connectivity index (χ2n) is 7.34. The van der Waals surface area contributed by atoms with Crippen molar-refractivity contribution in [1.29, 1.82) is 0 Å². The average molecular weight is 346 g/mol. The van der Waals surface area contributed by atoms with Gasteiger partial charge < -0.3 is 14.4 Å². The van der Waals surface area contributed by atoms with Gasteiger partial charge in [-0.05, 0) is 23.5 Å². The molecular weight excluding hydrogens is 316 g/mol. The number of carbonyl (C=O) groups is 1. The van der Waals surface area contributed by atoms with Crippen molar-refractivity contribution in [3.8, 4) is 5.75 Å². The Morgan fingerprint density at radius 2 is 2.00 bits per heavy atom. The lowest BCUT2D eigenvalue weighted by atomic mass is 9.96. The molecule has 5 heteroatoms. The van der Waals surface area contributed by atoms with Gasteiger partial charge in [0.25, 0.3) is 0 Å². The number of ether oxygens (including phenoxy) is 2. The van der Waals surface area contributed by atoms with Crippen molar-refractivity contribution in [2.24, 2.45) is 5.92 Å². The number of hydrogen-bond acceptors (Lipinski definition) is 4. The van der Waals surface area contributed by atoms with Gasteiger partial charge in [0.2, 0.25) is 5.91 Å². The zero-order valence-electron chi connectivity index (χ0n) is 15.6. The molecule has 25 heavy (non-hydrogen) atoms. The molecule has 0 aromatic heterocycles. The van der Waals surface area contributed by atoms with Gasteiger partial charge in [-0.2, -0.15) is 0 Å². The molecule has 2 heterocycles. The highest BCUT2D eigenvalue weighted by molar-refractivity contribution is 5.77. The lowest BCUT2D eigenvalue weighted by molar-refractivity contribution is -0.130. The minimum absolute atomic E-state index is 0.154. The number of morpholine rings is 1. The summed E-state index contributed by atoms with van der Waals surface area (Å²) in [4.78, 5) is 17.4. The summed E-state index contributed by atoms with van der Waals surface area (Å²) in [5.74, 6) is 1.79. The molecule has 2 aliphatic heterocycles. The van der Waals surface area contributed by atoms with Crippen LogP contribution in [-0.2, 0) is 9.53 Å². The van der Waals surface area contributed by atoms with Gasteiger partial charge in [0, 0.05) is 38.6 Å². The second kappa shape index (κ2) is 8.19. The van der Waals surface area contributed by atoms with Gasteiger partial charge in [-0.15, -0.1) is 0 Å². The van der Waals surface area contributed by atoms with Crippen LogP contribution in [0, 0.1) is 5.92 Å². The van der Waals surface area contributed by atoms with E-state index in [2.05, 4.69) is 29.7 Å². The molecular formula is C20H30N2O3. The fraction of sp³-hybridized carbons (Fsp3) is 0.650. The molecule has 1 aromatic rings. The Bertz CT molecular complexity index is 586. The van der Waals surface area contributed by atoms with Crippen LogP contribution >= 0.6 is 0 Å². The third kappa shape index (κ3) is 4.15. The first-order valence-electron chi connectivity index (χ1n) is 9.32. The Kier molecular flexibility index (Phi) is 5.97. The third-order valence-corrected chi connectivity index (χ3v) is 5.59. The molecule has 0 N–H and O–H groups in total. The van der Waals surface area contributed by atoms with Crippen LogP contribution in [0.4, 0.5) is 0 Å². The summed E-state index contributed by atoms with van der Waals surface area (Å²) in [6.45, 7) is 9.65. The second-order valence-corrected chi connectivity index (χ2v) is 7.34. The number of amides is 1. The molecule has 0 bridgehead atoms. The maximum Gasteiger partial charge on any atom is 0.223 e. The molecule has 138 valence electrons. The van der Waals surface area contributed by atoms with E-state index in [1.165, 1.54) is 0 Å². The van der Waals surface area contributed by atoms with E-state index in [-0.39, 0.29) is 11.8 Å². The first-order valence-corrected chi connectivity index (χ1v) is 9.32. The van der Waals surface area contributed by atoms with E-state index in [9.17, 15) is 4.79 Å². The van der Waals surface area contributed by atoms with Crippen molar-refractivity contribution >= 4 is 5.91 Å². The number of carbonyl (C=O) groups excluding carboxylic acids is 1. The minimum Gasteiger partial charge on any atom is -0.496 e. The molecule has 0 radical (unpaired) electrons. The molecule has 2 aliphatic rings. The normalized spacial score (nSPS) is 25.8. The predicted octanol–water partition coefficient (Wildman–Crippen LogP) is 2.37. The van der Waals surface area contributed by atoms with Crippen molar-refractivity contribution in [2.45, 2.75) is 32.2 Å². The summed E-state index contributed by atoms with van der Waals surface area (Å²) in [7, 11) is 1.68. The number of likely N-dealkylation sites (tertiary alicyclic amines) is 1. The topological polar surface area (TPSA) is 42.0 Å². The molecule has 3 atom stereocenters. The Labute approximate surface area is 150 Å². The van der Waals surface area contributed by atoms with E-state index < -0.39 is 0 Å². The molecule has 3 rings (SSSR count). The summed E-state index contributed by atoms with van der Waals surface area (Å²) in [6, 6.07) is 8.45. The minimum atomic E-state index is 0.154. The first kappa shape index (κ1) is 18.2. The molecule has 2 saturated heterocycles. The lowest BCUT2D eigenvalue weighted by Gasteiger charge is -2.34. The maximum absolute atomic E-state index is 12.8. The number of rotatable bonds is 5. The quantitative estimate of drug-likeness (QED) is 0.821. The van der Waals surface area contributed by atoms with Crippen LogP contribution in [0.5, 0.6) is 5.75 Å². The van der Waals surface area contributed by atoms with Gasteiger partial charge in [0.15, 0.2) is 0 Å². The van der Waals surface area contributed by atoms with Gasteiger partial charge in [0.1, 0.15) is 5.75 Å². The van der Waals surface area contributed by atoms with Gasteiger partial charge in [-0.3, -0.25) is 9.69 Å². The van der Waals surface area contributed by atoms with E-state index in [1.54, 1.807) is 7.11 Å². The number of methoxy groups -OCH3 is 1. The van der Waals surface area contributed by atoms with E-state index in [1.807, 2.05) is 18.2 Å². The Hall–Kier alpha value is -1.59. The van der Waals surface area contributed by atoms with E-state index in [4.69, 9.17) is 9.47 Å². The van der Waals surface area contributed by atoms with Crippen LogP contribution in [0.25, 0.3) is 0 Å². The summed E-state index contributed by atoms with van der Waals surface area (Å²) in [5.41, 5.74) is 1.11. The van der Waals surface area contributed by atoms with Crippen LogP contribution < -0.4 is 4.74 Å². The summed E-state index contributed by atoms with van der Waals surface area (Å²) in [6.07, 6.45) is 0.531. The summed E-state index contributed by atoms with van der Waals surface area (Å²) in [5, 5.41) is 0. The fourth-order valence-corrected chi connectivity index (χ4v) is 4.11. The van der Waals surface area contributed by atoms with E-state index in [0.29, 0.717) is 18.4 Å². The van der Waals surface area contributed by atoms with Crippen molar-refractivity contribution in [2.75, 3.05) is 46.5 Å². The standard InChI is InChI=1S/C20H30N2O3/c1-15(17-6-4-5-7-19(17)24-3)12-20(23)22-13-16(2)18(14-22)21-8-10-25-11-9-21/h4-7,15-16,18H,8-14H2,1-3H3/t15-,16+,18-/m1/s1. The van der Waals surface area contributed by atoms with Crippen molar-refractivity contribution in [1.82, 2.24) is 9.80 Å². The molecule has 2 fully saturated rings. The van der Waals surface area contributed by atoms with E-state index >= 15 is 0 Å². The number of hydrogen-bond donors (Lipinski definition) is 0. The number of benzene rings is 1. The first-order chi connectivity index (χ1) is 12.1. The summed E-state index contributed by atoms with van der Waals surface area (Å²) < 4.78 is 10.9. The number of para-hydroxylation sites is 1. The molecule has 1 amide bonds. The van der Waals surface area contributed by atoms with Crippen molar-refractivity contribution in [3.05, 3.63) is 29.8 Å². The van der Waals surface area contributed by atoms with Crippen LogP contribution in [-0.4, -0.2) is 68.3 Å². The smallest absolute Gasteiger partial charge is 0.223 e. The zero-order chi connectivity index (χ0) is 17.8. The van der Waals surface area contributed by atoms with Crippen LogP contribution in [0.2, 0.25) is 0 Å². The molecule has 0 saturated carbocycles. The molecule has 5 nitrogen and oxygen atoms in total. The molecule has 0 aliphatic carbocycles. The highest BCUT2D eigenvalue weighted by atomic mass is 16.5.